The number of hydrogen-bond acceptors (Lipinski definition) is 5. The van der Waals surface area contributed by atoms with Gasteiger partial charge in [0.15, 0.2) is 0 Å². The summed E-state index contributed by atoms with van der Waals surface area (Å²) in [4.78, 5) is 30.0. The van der Waals surface area contributed by atoms with Crippen LogP contribution in [0.15, 0.2) is 53.4 Å². The van der Waals surface area contributed by atoms with Crippen molar-refractivity contribution in [1.82, 2.24) is 4.90 Å². The maximum Gasteiger partial charge on any atom is 0.338 e. The van der Waals surface area contributed by atoms with Crippen LogP contribution in [-0.2, 0) is 4.74 Å². The molecule has 1 heterocycles. The third kappa shape index (κ3) is 5.69. The van der Waals surface area contributed by atoms with E-state index in [0.717, 1.165) is 25.9 Å². The van der Waals surface area contributed by atoms with Crippen LogP contribution in [0.25, 0.3) is 0 Å². The molecule has 0 radical (unpaired) electrons. The van der Waals surface area contributed by atoms with Crippen molar-refractivity contribution >= 4 is 35.1 Å². The zero-order valence-corrected chi connectivity index (χ0v) is 18.4. The molecule has 1 N–H and O–H groups in total. The third-order valence-corrected chi connectivity index (χ3v) is 5.88. The van der Waals surface area contributed by atoms with Gasteiger partial charge in [0, 0.05) is 36.8 Å². The number of thioether (sulfide) groups is 1. The molecule has 0 spiro atoms. The van der Waals surface area contributed by atoms with Crippen LogP contribution in [0.5, 0.6) is 0 Å². The molecule has 7 heteroatoms. The lowest BCUT2D eigenvalue weighted by Crippen LogP contribution is -2.50. The van der Waals surface area contributed by atoms with Gasteiger partial charge in [-0.15, -0.1) is 11.8 Å². The molecule has 0 saturated carbocycles. The van der Waals surface area contributed by atoms with Crippen molar-refractivity contribution < 1.29 is 14.3 Å². The van der Waals surface area contributed by atoms with E-state index in [1.165, 1.54) is 10.6 Å². The molecule has 3 rings (SSSR count). The molecule has 160 valence electrons. The number of ether oxygens (including phenoxy) is 1. The normalized spacial score (nSPS) is 13.8. The zero-order chi connectivity index (χ0) is 21.3. The highest BCUT2D eigenvalue weighted by Crippen LogP contribution is 2.29. The second kappa shape index (κ2) is 10.9. The number of piperazine rings is 1. The molecular weight excluding hydrogens is 398 g/mol. The summed E-state index contributed by atoms with van der Waals surface area (Å²) in [7, 11) is 0. The predicted octanol–water partition coefficient (Wildman–Crippen LogP) is 4.72. The number of rotatable bonds is 7. The highest BCUT2D eigenvalue weighted by Gasteiger charge is 2.22. The second-order valence-corrected chi connectivity index (χ2v) is 7.99. The van der Waals surface area contributed by atoms with Gasteiger partial charge in [0.25, 0.3) is 0 Å². The van der Waals surface area contributed by atoms with Gasteiger partial charge < -0.3 is 19.9 Å². The Bertz CT molecular complexity index is 849. The summed E-state index contributed by atoms with van der Waals surface area (Å²) in [6.07, 6.45) is 3.92. The van der Waals surface area contributed by atoms with E-state index < -0.39 is 0 Å². The van der Waals surface area contributed by atoms with E-state index in [2.05, 4.69) is 40.7 Å². The highest BCUT2D eigenvalue weighted by molar-refractivity contribution is 7.98. The molecule has 1 saturated heterocycles. The molecule has 0 unspecified atom stereocenters. The Morgan fingerprint density at radius 3 is 2.40 bits per heavy atom. The van der Waals surface area contributed by atoms with E-state index in [4.69, 9.17) is 4.74 Å². The van der Waals surface area contributed by atoms with Crippen LogP contribution < -0.4 is 10.2 Å². The molecule has 1 aliphatic rings. The smallest absolute Gasteiger partial charge is 0.338 e. The molecule has 6 nitrogen and oxygen atoms in total. The predicted molar refractivity (Wildman–Crippen MR) is 123 cm³/mol. The number of nitrogens with one attached hydrogen (secondary N) is 1. The van der Waals surface area contributed by atoms with Gasteiger partial charge >= 0.3 is 12.0 Å². The minimum Gasteiger partial charge on any atom is -0.462 e. The second-order valence-electron chi connectivity index (χ2n) is 7.14. The molecule has 2 amide bonds. The maximum absolute atomic E-state index is 12.6. The van der Waals surface area contributed by atoms with E-state index in [1.807, 2.05) is 11.8 Å². The van der Waals surface area contributed by atoms with Crippen molar-refractivity contribution in [3.8, 4) is 0 Å². The largest absolute Gasteiger partial charge is 0.462 e. The van der Waals surface area contributed by atoms with Crippen LogP contribution >= 0.6 is 11.8 Å². The summed E-state index contributed by atoms with van der Waals surface area (Å²) in [5.41, 5.74) is 2.39. The summed E-state index contributed by atoms with van der Waals surface area (Å²) in [5.74, 6) is -0.331. The molecular formula is C23H29N3O3S. The first-order valence-corrected chi connectivity index (χ1v) is 11.6. The summed E-state index contributed by atoms with van der Waals surface area (Å²) >= 11 is 1.74. The Morgan fingerprint density at radius 1 is 1.03 bits per heavy atom. The molecule has 0 atom stereocenters. The first-order chi connectivity index (χ1) is 14.6. The van der Waals surface area contributed by atoms with E-state index in [0.29, 0.717) is 30.9 Å². The van der Waals surface area contributed by atoms with Gasteiger partial charge in [-0.25, -0.2) is 9.59 Å². The van der Waals surface area contributed by atoms with Gasteiger partial charge in [-0.3, -0.25) is 0 Å². The number of urea groups is 1. The van der Waals surface area contributed by atoms with Gasteiger partial charge in [-0.1, -0.05) is 25.5 Å². The van der Waals surface area contributed by atoms with Crippen LogP contribution in [0.3, 0.4) is 0 Å². The van der Waals surface area contributed by atoms with Gasteiger partial charge in [-0.05, 0) is 49.1 Å². The maximum atomic E-state index is 12.6. The quantitative estimate of drug-likeness (QED) is 0.394. The number of nitrogens with zero attached hydrogens (tertiary/aromatic N) is 2. The van der Waals surface area contributed by atoms with Gasteiger partial charge in [0.05, 0.1) is 17.9 Å². The first kappa shape index (κ1) is 22.0. The lowest BCUT2D eigenvalue weighted by atomic mass is 10.2. The Hall–Kier alpha value is -2.67. The average molecular weight is 428 g/mol. The van der Waals surface area contributed by atoms with Crippen molar-refractivity contribution in [2.75, 3.05) is 49.3 Å². The number of anilines is 2. The molecule has 1 fully saturated rings. The molecule has 30 heavy (non-hydrogen) atoms. The van der Waals surface area contributed by atoms with Crippen LogP contribution in [0, 0.1) is 0 Å². The van der Waals surface area contributed by atoms with Gasteiger partial charge in [0.2, 0.25) is 0 Å². The Morgan fingerprint density at radius 2 is 1.73 bits per heavy atom. The lowest BCUT2D eigenvalue weighted by molar-refractivity contribution is 0.0500. The number of amides is 2. The van der Waals surface area contributed by atoms with Crippen molar-refractivity contribution in [3.63, 3.8) is 0 Å². The van der Waals surface area contributed by atoms with Crippen LogP contribution in [0.2, 0.25) is 0 Å². The number of benzene rings is 2. The van der Waals surface area contributed by atoms with E-state index >= 15 is 0 Å². The monoisotopic (exact) mass is 427 g/mol. The summed E-state index contributed by atoms with van der Waals surface area (Å²) in [6.45, 7) is 5.41. The summed E-state index contributed by atoms with van der Waals surface area (Å²) in [6, 6.07) is 15.1. The molecule has 0 aromatic heterocycles. The van der Waals surface area contributed by atoms with E-state index in [1.54, 1.807) is 36.0 Å². The SMILES string of the molecule is CCCCOC(=O)c1ccc(NC(=O)N2CCN(c3ccccc3SC)CC2)cc1. The Balaban J connectivity index is 1.50. The summed E-state index contributed by atoms with van der Waals surface area (Å²) in [5, 5.41) is 2.92. The number of unbranched alkanes of at least 4 members (excludes halogenated alkanes) is 1. The molecule has 0 bridgehead atoms. The van der Waals surface area contributed by atoms with E-state index in [-0.39, 0.29) is 12.0 Å². The van der Waals surface area contributed by atoms with E-state index in [9.17, 15) is 9.59 Å². The fourth-order valence-electron chi connectivity index (χ4n) is 3.33. The molecule has 2 aromatic carbocycles. The fourth-order valence-corrected chi connectivity index (χ4v) is 3.95. The third-order valence-electron chi connectivity index (χ3n) is 5.10. The van der Waals surface area contributed by atoms with Gasteiger partial charge in [-0.2, -0.15) is 0 Å². The van der Waals surface area contributed by atoms with Crippen LogP contribution in [0.1, 0.15) is 30.1 Å². The van der Waals surface area contributed by atoms with Crippen molar-refractivity contribution in [2.45, 2.75) is 24.7 Å². The topological polar surface area (TPSA) is 61.9 Å². The van der Waals surface area contributed by atoms with Gasteiger partial charge in [0.1, 0.15) is 0 Å². The van der Waals surface area contributed by atoms with Crippen molar-refractivity contribution in [1.29, 1.82) is 0 Å². The minimum atomic E-state index is -0.331. The average Bonchev–Trinajstić information content (AvgIpc) is 2.79. The fraction of sp³-hybridized carbons (Fsp3) is 0.391. The molecule has 1 aliphatic heterocycles. The highest BCUT2D eigenvalue weighted by atomic mass is 32.2. The number of esters is 1. The number of para-hydroxylation sites is 1. The summed E-state index contributed by atoms with van der Waals surface area (Å²) < 4.78 is 5.21. The lowest BCUT2D eigenvalue weighted by Gasteiger charge is -2.36. The van der Waals surface area contributed by atoms with Crippen molar-refractivity contribution in [3.05, 3.63) is 54.1 Å². The zero-order valence-electron chi connectivity index (χ0n) is 17.6. The Labute approximate surface area is 182 Å². The Kier molecular flexibility index (Phi) is 8.02. The number of carbonyl (C=O) groups excluding carboxylic acids is 2. The number of hydrogen-bond donors (Lipinski definition) is 1. The molecule has 2 aromatic rings. The van der Waals surface area contributed by atoms with Crippen molar-refractivity contribution in [2.24, 2.45) is 0 Å². The minimum absolute atomic E-state index is 0.119. The van der Waals surface area contributed by atoms with Crippen LogP contribution in [0.4, 0.5) is 16.2 Å². The molecule has 0 aliphatic carbocycles. The number of carbonyl (C=O) groups is 2. The standard InChI is InChI=1S/C23H29N3O3S/c1-3-4-17-29-22(27)18-9-11-19(12-10-18)24-23(28)26-15-13-25(14-16-26)20-7-5-6-8-21(20)30-2/h5-12H,3-4,13-17H2,1-2H3,(H,24,28). The first-order valence-electron chi connectivity index (χ1n) is 10.3. The van der Waals surface area contributed by atoms with Crippen LogP contribution in [-0.4, -0.2) is 55.9 Å².